The highest BCUT2D eigenvalue weighted by atomic mass is 16.7. The van der Waals surface area contributed by atoms with E-state index in [1.54, 1.807) is 0 Å². The van der Waals surface area contributed by atoms with Crippen LogP contribution in [0.1, 0.15) is 27.7 Å². The molecule has 0 spiro atoms. The second-order valence-electron chi connectivity index (χ2n) is 7.48. The molecule has 4 rings (SSSR count). The Morgan fingerprint density at radius 3 is 2.52 bits per heavy atom. The van der Waals surface area contributed by atoms with Crippen molar-refractivity contribution in [1.29, 1.82) is 0 Å². The van der Waals surface area contributed by atoms with Gasteiger partial charge < -0.3 is 19.2 Å². The van der Waals surface area contributed by atoms with Gasteiger partial charge in [0.2, 0.25) is 0 Å². The van der Waals surface area contributed by atoms with E-state index in [1.807, 2.05) is 0 Å². The lowest BCUT2D eigenvalue weighted by Gasteiger charge is -2.32. The maximum Gasteiger partial charge on any atom is 0.494 e. The molecule has 0 bridgehead atoms. The van der Waals surface area contributed by atoms with Crippen molar-refractivity contribution in [2.24, 2.45) is 7.05 Å². The zero-order valence-corrected chi connectivity index (χ0v) is 14.4. The highest BCUT2D eigenvalue weighted by molar-refractivity contribution is 6.62. The first-order valence-electron chi connectivity index (χ1n) is 8.18. The van der Waals surface area contributed by atoms with Crippen molar-refractivity contribution >= 4 is 35.8 Å². The minimum Gasteiger partial charge on any atom is -0.399 e. The molecule has 0 radical (unpaired) electrons. The summed E-state index contributed by atoms with van der Waals surface area (Å²) in [6.45, 7) is 9.22. The van der Waals surface area contributed by atoms with E-state index in [9.17, 15) is 0 Å². The molecule has 0 saturated carbocycles. The van der Waals surface area contributed by atoms with Crippen LogP contribution in [0.15, 0.2) is 18.2 Å². The quantitative estimate of drug-likeness (QED) is 0.784. The van der Waals surface area contributed by atoms with E-state index in [0.717, 1.165) is 12.0 Å². The fourth-order valence-corrected chi connectivity index (χ4v) is 3.34. The van der Waals surface area contributed by atoms with Crippen molar-refractivity contribution in [3.05, 3.63) is 28.8 Å². The molecule has 0 unspecified atom stereocenters. The van der Waals surface area contributed by atoms with Gasteiger partial charge in [-0.2, -0.15) is 0 Å². The number of fused-ring (bicyclic) bond motifs is 3. The molecule has 0 amide bonds. The van der Waals surface area contributed by atoms with Crippen LogP contribution in [0.2, 0.25) is 0 Å². The van der Waals surface area contributed by atoms with Gasteiger partial charge in [-0.1, -0.05) is 12.1 Å². The smallest absolute Gasteiger partial charge is 0.399 e. The Hall–Kier alpha value is -1.72. The van der Waals surface area contributed by atoms with Gasteiger partial charge in [0.15, 0.2) is 0 Å². The molecule has 1 aromatic carbocycles. The Morgan fingerprint density at radius 1 is 1.13 bits per heavy atom. The molecule has 1 aromatic heterocycles. The molecule has 4 nitrogen and oxygen atoms in total. The fourth-order valence-electron chi connectivity index (χ4n) is 3.34. The van der Waals surface area contributed by atoms with Crippen LogP contribution in [-0.4, -0.2) is 29.4 Å². The average Bonchev–Trinajstić information content (AvgIpc) is 2.91. The van der Waals surface area contributed by atoms with Gasteiger partial charge >= 0.3 is 7.12 Å². The normalized spacial score (nSPS) is 21.5. The van der Waals surface area contributed by atoms with Crippen LogP contribution in [0.4, 0.5) is 0 Å². The molecule has 2 aliphatic heterocycles. The van der Waals surface area contributed by atoms with E-state index in [1.165, 1.54) is 21.5 Å². The maximum atomic E-state index is 6.18. The first kappa shape index (κ1) is 14.9. The Kier molecular flexibility index (Phi) is 3.00. The van der Waals surface area contributed by atoms with Crippen molar-refractivity contribution in [3.8, 4) is 0 Å². The lowest BCUT2D eigenvalue weighted by Crippen LogP contribution is -2.41. The van der Waals surface area contributed by atoms with E-state index < -0.39 is 0 Å². The van der Waals surface area contributed by atoms with Crippen LogP contribution >= 0.6 is 0 Å². The van der Waals surface area contributed by atoms with Gasteiger partial charge in [0, 0.05) is 41.3 Å². The molecule has 23 heavy (non-hydrogen) atoms. The molecule has 120 valence electrons. The summed E-state index contributed by atoms with van der Waals surface area (Å²) in [4.78, 5) is 0. The Balaban J connectivity index is 1.84. The number of aryl methyl sites for hydroxylation is 1. The summed E-state index contributed by atoms with van der Waals surface area (Å²) in [7, 11) is 1.80. The van der Waals surface area contributed by atoms with Crippen molar-refractivity contribution in [3.63, 3.8) is 0 Å². The van der Waals surface area contributed by atoms with Crippen LogP contribution in [0.3, 0.4) is 0 Å². The van der Waals surface area contributed by atoms with E-state index >= 15 is 0 Å². The van der Waals surface area contributed by atoms with Crippen LogP contribution in [0, 0.1) is 0 Å². The Morgan fingerprint density at radius 2 is 1.83 bits per heavy atom. The monoisotopic (exact) mass is 310 g/mol. The fraction of sp³-hybridized carbons (Fsp3) is 0.444. The van der Waals surface area contributed by atoms with Gasteiger partial charge in [-0.25, -0.2) is 0 Å². The average molecular weight is 310 g/mol. The summed E-state index contributed by atoms with van der Waals surface area (Å²) in [6.07, 6.45) is 4.33. The van der Waals surface area contributed by atoms with E-state index in [4.69, 9.17) is 9.31 Å². The van der Waals surface area contributed by atoms with Crippen molar-refractivity contribution < 1.29 is 9.31 Å². The first-order chi connectivity index (χ1) is 10.8. The zero-order chi connectivity index (χ0) is 16.4. The van der Waals surface area contributed by atoms with E-state index in [-0.39, 0.29) is 18.3 Å². The van der Waals surface area contributed by atoms with Crippen LogP contribution in [0.25, 0.3) is 23.2 Å². The third-order valence-electron chi connectivity index (χ3n) is 5.50. The van der Waals surface area contributed by atoms with E-state index in [0.29, 0.717) is 0 Å². The number of hydrogen-bond donors (Lipinski definition) is 1. The number of aromatic nitrogens is 1. The van der Waals surface area contributed by atoms with Crippen LogP contribution in [-0.2, 0) is 16.4 Å². The second kappa shape index (κ2) is 4.65. The zero-order valence-electron chi connectivity index (χ0n) is 14.4. The minimum atomic E-state index is -0.317. The lowest BCUT2D eigenvalue weighted by atomic mass is 9.79. The van der Waals surface area contributed by atoms with Crippen molar-refractivity contribution in [1.82, 2.24) is 9.88 Å². The number of hydrogen-bond acceptors (Lipinski definition) is 3. The Labute approximate surface area is 136 Å². The first-order valence-corrected chi connectivity index (χ1v) is 8.18. The summed E-state index contributed by atoms with van der Waals surface area (Å²) < 4.78 is 14.6. The second-order valence-corrected chi connectivity index (χ2v) is 7.48. The predicted octanol–water partition coefficient (Wildman–Crippen LogP) is 0.599. The standard InChI is InChI=1S/C18H23BN2O2/c1-17(2)18(3,4)23-19(22-17)12-6-7-13-14-11-20-9-8-15(14)21(5)16(13)10-12/h6-8,10-11,20H,9H2,1-5H3. The third kappa shape index (κ3) is 2.07. The molecule has 2 aromatic rings. The maximum absolute atomic E-state index is 6.18. The van der Waals surface area contributed by atoms with Gasteiger partial charge in [0.1, 0.15) is 0 Å². The Bertz CT molecular complexity index is 895. The van der Waals surface area contributed by atoms with Crippen LogP contribution < -0.4 is 21.3 Å². The number of nitrogens with one attached hydrogen (secondary N) is 1. The van der Waals surface area contributed by atoms with Gasteiger partial charge in [0.05, 0.1) is 11.2 Å². The molecule has 3 heterocycles. The number of benzene rings is 1. The van der Waals surface area contributed by atoms with Gasteiger partial charge in [0.25, 0.3) is 0 Å². The molecule has 1 fully saturated rings. The molecule has 2 aliphatic rings. The topological polar surface area (TPSA) is 35.4 Å². The summed E-state index contributed by atoms with van der Waals surface area (Å²) in [5.74, 6) is 0. The summed E-state index contributed by atoms with van der Waals surface area (Å²) in [5.41, 5.74) is 1.65. The van der Waals surface area contributed by atoms with Crippen molar-refractivity contribution in [2.45, 2.75) is 38.9 Å². The molecule has 5 heteroatoms. The summed E-state index contributed by atoms with van der Waals surface area (Å²) >= 11 is 0. The molecular weight excluding hydrogens is 287 g/mol. The highest BCUT2D eigenvalue weighted by Crippen LogP contribution is 2.36. The highest BCUT2D eigenvalue weighted by Gasteiger charge is 2.51. The molecule has 1 saturated heterocycles. The SMILES string of the molecule is Cn1c2c(c3ccc(B4OC(C)(C)C(C)(C)O4)cc31)=CNCC=2. The third-order valence-corrected chi connectivity index (χ3v) is 5.50. The van der Waals surface area contributed by atoms with Crippen molar-refractivity contribution in [2.75, 3.05) is 6.54 Å². The summed E-state index contributed by atoms with van der Waals surface area (Å²) in [5, 5.41) is 7.08. The summed E-state index contributed by atoms with van der Waals surface area (Å²) in [6, 6.07) is 6.48. The largest absolute Gasteiger partial charge is 0.494 e. The molecular formula is C18H23BN2O2. The number of nitrogens with zero attached hydrogens (tertiary/aromatic N) is 1. The lowest BCUT2D eigenvalue weighted by molar-refractivity contribution is 0.00578. The minimum absolute atomic E-state index is 0.314. The predicted molar refractivity (Wildman–Crippen MR) is 94.8 cm³/mol. The molecule has 0 aliphatic carbocycles. The van der Waals surface area contributed by atoms with Gasteiger partial charge in [-0.15, -0.1) is 0 Å². The van der Waals surface area contributed by atoms with Gasteiger partial charge in [-0.3, -0.25) is 0 Å². The number of rotatable bonds is 1. The van der Waals surface area contributed by atoms with Gasteiger partial charge in [-0.05, 0) is 45.3 Å². The molecule has 0 atom stereocenters. The van der Waals surface area contributed by atoms with E-state index in [2.05, 4.69) is 75.1 Å². The van der Waals surface area contributed by atoms with Crippen LogP contribution in [0.5, 0.6) is 0 Å². The molecule has 1 N–H and O–H groups in total.